The predicted molar refractivity (Wildman–Crippen MR) is 141 cm³/mol. The highest BCUT2D eigenvalue weighted by molar-refractivity contribution is 6.02. The van der Waals surface area contributed by atoms with Crippen LogP contribution in [0.25, 0.3) is 10.8 Å². The normalized spacial score (nSPS) is 30.4. The van der Waals surface area contributed by atoms with E-state index in [2.05, 4.69) is 5.32 Å². The summed E-state index contributed by atoms with van der Waals surface area (Å²) in [6.45, 7) is 0. The molecule has 5 saturated carbocycles. The number of carbonyl (C=O) groups excluding carboxylic acids is 2. The van der Waals surface area contributed by atoms with Crippen LogP contribution >= 0.6 is 0 Å². The molecule has 192 valence electrons. The second-order valence-electron chi connectivity index (χ2n) is 12.6. The third-order valence-electron chi connectivity index (χ3n) is 9.89. The SMILES string of the molecule is NC(=O)[C@H](CC1CCCCC1)n1ccc2c(NC(=O)CC34CC5CC(CC(C5)C3)C4)cccc2c1=O. The summed E-state index contributed by atoms with van der Waals surface area (Å²) < 4.78 is 1.51. The summed E-state index contributed by atoms with van der Waals surface area (Å²) >= 11 is 0. The number of nitrogens with zero attached hydrogens (tertiary/aromatic N) is 1. The van der Waals surface area contributed by atoms with Crippen LogP contribution in [-0.2, 0) is 9.59 Å². The number of rotatable bonds is 7. The molecule has 0 saturated heterocycles. The Labute approximate surface area is 213 Å². The lowest BCUT2D eigenvalue weighted by Crippen LogP contribution is -2.47. The molecule has 3 N–H and O–H groups in total. The van der Waals surface area contributed by atoms with E-state index in [9.17, 15) is 14.4 Å². The number of nitrogens with one attached hydrogen (secondary N) is 1. The Kier molecular flexibility index (Phi) is 6.17. The number of amides is 2. The Morgan fingerprint density at radius 2 is 1.64 bits per heavy atom. The van der Waals surface area contributed by atoms with Gasteiger partial charge in [-0.15, -0.1) is 0 Å². The molecular weight excluding hydrogens is 450 g/mol. The van der Waals surface area contributed by atoms with E-state index in [0.29, 0.717) is 29.8 Å². The van der Waals surface area contributed by atoms with Crippen molar-refractivity contribution >= 4 is 28.3 Å². The van der Waals surface area contributed by atoms with E-state index in [1.165, 1.54) is 62.4 Å². The van der Waals surface area contributed by atoms with Crippen LogP contribution in [0.3, 0.4) is 0 Å². The van der Waals surface area contributed by atoms with Gasteiger partial charge in [0.05, 0.1) is 0 Å². The maximum absolute atomic E-state index is 13.5. The van der Waals surface area contributed by atoms with Gasteiger partial charge in [0.1, 0.15) is 6.04 Å². The fourth-order valence-electron chi connectivity index (χ4n) is 8.79. The molecule has 7 rings (SSSR count). The summed E-state index contributed by atoms with van der Waals surface area (Å²) in [6, 6.07) is 6.68. The Bertz CT molecular complexity index is 1190. The molecule has 4 bridgehead atoms. The largest absolute Gasteiger partial charge is 0.368 e. The molecule has 0 radical (unpaired) electrons. The number of hydrogen-bond acceptors (Lipinski definition) is 3. The first-order valence-electron chi connectivity index (χ1n) is 14.1. The van der Waals surface area contributed by atoms with Gasteiger partial charge in [-0.3, -0.25) is 14.4 Å². The van der Waals surface area contributed by atoms with E-state index in [1.54, 1.807) is 12.3 Å². The zero-order valence-corrected chi connectivity index (χ0v) is 21.2. The van der Waals surface area contributed by atoms with Gasteiger partial charge in [0.2, 0.25) is 11.8 Å². The molecule has 5 fully saturated rings. The van der Waals surface area contributed by atoms with Crippen LogP contribution in [-0.4, -0.2) is 16.4 Å². The highest BCUT2D eigenvalue weighted by Gasteiger charge is 2.51. The number of fused-ring (bicyclic) bond motifs is 1. The second kappa shape index (κ2) is 9.35. The number of benzene rings is 1. The molecular formula is C30H39N3O3. The molecule has 6 heteroatoms. The molecule has 36 heavy (non-hydrogen) atoms. The summed E-state index contributed by atoms with van der Waals surface area (Å²) in [5.74, 6) is 2.46. The smallest absolute Gasteiger partial charge is 0.259 e. The Hall–Kier alpha value is -2.63. The van der Waals surface area contributed by atoms with Crippen molar-refractivity contribution in [3.8, 4) is 0 Å². The fourth-order valence-corrected chi connectivity index (χ4v) is 8.79. The molecule has 2 amide bonds. The Morgan fingerprint density at radius 1 is 0.972 bits per heavy atom. The molecule has 1 aromatic heterocycles. The van der Waals surface area contributed by atoms with E-state index in [-0.39, 0.29) is 16.9 Å². The lowest BCUT2D eigenvalue weighted by atomic mass is 9.49. The zero-order valence-electron chi connectivity index (χ0n) is 21.2. The number of hydrogen-bond donors (Lipinski definition) is 2. The van der Waals surface area contributed by atoms with Crippen LogP contribution in [0, 0.1) is 29.1 Å². The van der Waals surface area contributed by atoms with Crippen molar-refractivity contribution in [3.05, 3.63) is 40.8 Å². The van der Waals surface area contributed by atoms with Gasteiger partial charge in [0.15, 0.2) is 0 Å². The minimum absolute atomic E-state index is 0.0564. The minimum atomic E-state index is -0.640. The molecule has 0 unspecified atom stereocenters. The topological polar surface area (TPSA) is 94.2 Å². The number of primary amides is 1. The zero-order chi connectivity index (χ0) is 24.9. The fraction of sp³-hybridized carbons (Fsp3) is 0.633. The third-order valence-corrected chi connectivity index (χ3v) is 9.89. The lowest BCUT2D eigenvalue weighted by molar-refractivity contribution is -0.124. The van der Waals surface area contributed by atoms with Crippen molar-refractivity contribution in [3.63, 3.8) is 0 Å². The number of anilines is 1. The van der Waals surface area contributed by atoms with Crippen molar-refractivity contribution in [2.75, 3.05) is 5.32 Å². The Balaban J connectivity index is 1.22. The molecule has 1 aromatic carbocycles. The van der Waals surface area contributed by atoms with Crippen molar-refractivity contribution in [2.45, 2.75) is 89.5 Å². The standard InChI is InChI=1S/C30H39N3O3/c31-28(35)26(14-19-5-2-1-3-6-19)33-10-9-23-24(29(33)36)7-4-8-25(23)32-27(34)18-30-15-20-11-21(16-30)13-22(12-20)17-30/h4,7-10,19-22,26H,1-3,5-6,11-18H2,(H2,31,35)(H,32,34)/t20?,21?,22?,26-,30?/m0/s1. The highest BCUT2D eigenvalue weighted by atomic mass is 16.2. The molecule has 2 aromatic rings. The van der Waals surface area contributed by atoms with Crippen LogP contribution in [0.15, 0.2) is 35.3 Å². The number of pyridine rings is 1. The molecule has 6 nitrogen and oxygen atoms in total. The molecule has 0 spiro atoms. The maximum Gasteiger partial charge on any atom is 0.259 e. The number of aromatic nitrogens is 1. The van der Waals surface area contributed by atoms with Crippen LogP contribution < -0.4 is 16.6 Å². The van der Waals surface area contributed by atoms with Gasteiger partial charge in [0, 0.05) is 29.1 Å². The summed E-state index contributed by atoms with van der Waals surface area (Å²) in [5.41, 5.74) is 6.41. The lowest BCUT2D eigenvalue weighted by Gasteiger charge is -2.56. The van der Waals surface area contributed by atoms with Gasteiger partial charge < -0.3 is 15.6 Å². The minimum Gasteiger partial charge on any atom is -0.368 e. The third kappa shape index (κ3) is 4.48. The van der Waals surface area contributed by atoms with Crippen LogP contribution in [0.5, 0.6) is 0 Å². The average Bonchev–Trinajstić information content (AvgIpc) is 2.83. The summed E-state index contributed by atoms with van der Waals surface area (Å²) in [4.78, 5) is 39.1. The van der Waals surface area contributed by atoms with E-state index in [0.717, 1.165) is 36.0 Å². The molecule has 1 atom stereocenters. The van der Waals surface area contributed by atoms with Gasteiger partial charge in [0.25, 0.3) is 5.56 Å². The van der Waals surface area contributed by atoms with Crippen molar-refractivity contribution in [1.29, 1.82) is 0 Å². The first kappa shape index (κ1) is 23.7. The molecule has 5 aliphatic carbocycles. The number of nitrogens with two attached hydrogens (primary N) is 1. The van der Waals surface area contributed by atoms with Crippen molar-refractivity contribution < 1.29 is 9.59 Å². The van der Waals surface area contributed by atoms with Crippen LogP contribution in [0.1, 0.15) is 89.5 Å². The molecule has 0 aliphatic heterocycles. The van der Waals surface area contributed by atoms with Gasteiger partial charge in [-0.25, -0.2) is 0 Å². The number of carbonyl (C=O) groups is 2. The predicted octanol–water partition coefficient (Wildman–Crippen LogP) is 5.54. The first-order valence-corrected chi connectivity index (χ1v) is 14.1. The average molecular weight is 490 g/mol. The van der Waals surface area contributed by atoms with Gasteiger partial charge >= 0.3 is 0 Å². The summed E-state index contributed by atoms with van der Waals surface area (Å²) in [5, 5.41) is 4.38. The van der Waals surface area contributed by atoms with E-state index in [4.69, 9.17) is 5.73 Å². The van der Waals surface area contributed by atoms with Gasteiger partial charge in [-0.2, -0.15) is 0 Å². The molecule has 1 heterocycles. The van der Waals surface area contributed by atoms with Crippen molar-refractivity contribution in [1.82, 2.24) is 4.57 Å². The monoisotopic (exact) mass is 489 g/mol. The van der Waals surface area contributed by atoms with Gasteiger partial charge in [-0.1, -0.05) is 38.2 Å². The van der Waals surface area contributed by atoms with E-state index < -0.39 is 11.9 Å². The quantitative estimate of drug-likeness (QED) is 0.534. The summed E-state index contributed by atoms with van der Waals surface area (Å²) in [7, 11) is 0. The molecule has 5 aliphatic rings. The van der Waals surface area contributed by atoms with Gasteiger partial charge in [-0.05, 0) is 92.2 Å². The second-order valence-corrected chi connectivity index (χ2v) is 12.6. The van der Waals surface area contributed by atoms with Crippen molar-refractivity contribution in [2.24, 2.45) is 34.8 Å². The summed E-state index contributed by atoms with van der Waals surface area (Å²) in [6.07, 6.45) is 16.3. The highest BCUT2D eigenvalue weighted by Crippen LogP contribution is 2.61. The Morgan fingerprint density at radius 3 is 2.28 bits per heavy atom. The first-order chi connectivity index (χ1) is 17.4. The maximum atomic E-state index is 13.5. The van der Waals surface area contributed by atoms with E-state index >= 15 is 0 Å². The van der Waals surface area contributed by atoms with Crippen LogP contribution in [0.2, 0.25) is 0 Å². The van der Waals surface area contributed by atoms with E-state index in [1.807, 2.05) is 18.2 Å². The van der Waals surface area contributed by atoms with Crippen LogP contribution in [0.4, 0.5) is 5.69 Å².